The van der Waals surface area contributed by atoms with E-state index in [4.69, 9.17) is 5.26 Å². The molecule has 0 unspecified atom stereocenters. The summed E-state index contributed by atoms with van der Waals surface area (Å²) in [5.74, 6) is -1.03. The standard InChI is InChI=1S/C16H10N2O2/c17-9-11-5-1-2-6-12(11)10-18-14-8-4-3-7-13(14)15(19)16(18)20/h1-8H,10H2. The molecule has 96 valence electrons. The molecule has 0 atom stereocenters. The van der Waals surface area contributed by atoms with Crippen molar-refractivity contribution in [2.24, 2.45) is 0 Å². The summed E-state index contributed by atoms with van der Waals surface area (Å²) >= 11 is 0. The summed E-state index contributed by atoms with van der Waals surface area (Å²) in [6.45, 7) is 0.227. The number of benzene rings is 2. The molecule has 0 N–H and O–H groups in total. The van der Waals surface area contributed by atoms with Crippen LogP contribution in [-0.4, -0.2) is 11.7 Å². The van der Waals surface area contributed by atoms with Gasteiger partial charge in [0.2, 0.25) is 0 Å². The molecule has 0 radical (unpaired) electrons. The van der Waals surface area contributed by atoms with Crippen LogP contribution in [0.2, 0.25) is 0 Å². The summed E-state index contributed by atoms with van der Waals surface area (Å²) in [5.41, 5.74) is 2.27. The molecule has 1 aliphatic rings. The van der Waals surface area contributed by atoms with Crippen LogP contribution in [0.25, 0.3) is 0 Å². The number of anilines is 1. The molecule has 0 saturated heterocycles. The Bertz CT molecular complexity index is 759. The maximum Gasteiger partial charge on any atom is 0.299 e. The highest BCUT2D eigenvalue weighted by molar-refractivity contribution is 6.52. The molecule has 4 heteroatoms. The first kappa shape index (κ1) is 12.1. The quantitative estimate of drug-likeness (QED) is 0.780. The van der Waals surface area contributed by atoms with Crippen LogP contribution < -0.4 is 4.90 Å². The Balaban J connectivity index is 2.02. The van der Waals surface area contributed by atoms with E-state index >= 15 is 0 Å². The second-order valence-corrected chi connectivity index (χ2v) is 4.51. The van der Waals surface area contributed by atoms with Gasteiger partial charge in [0.05, 0.1) is 29.4 Å². The average Bonchev–Trinajstić information content (AvgIpc) is 2.73. The summed E-state index contributed by atoms with van der Waals surface area (Å²) in [5, 5.41) is 9.09. The fourth-order valence-electron chi connectivity index (χ4n) is 2.34. The van der Waals surface area contributed by atoms with E-state index < -0.39 is 11.7 Å². The Hall–Kier alpha value is -2.93. The molecule has 0 aromatic heterocycles. The van der Waals surface area contributed by atoms with Crippen molar-refractivity contribution in [3.05, 3.63) is 65.2 Å². The number of amides is 1. The highest BCUT2D eigenvalue weighted by Gasteiger charge is 2.35. The number of Topliss-reactive ketones (excluding diaryl/α,β-unsaturated/α-hetero) is 1. The Labute approximate surface area is 115 Å². The first-order valence-electron chi connectivity index (χ1n) is 6.15. The zero-order valence-electron chi connectivity index (χ0n) is 10.5. The van der Waals surface area contributed by atoms with Gasteiger partial charge in [-0.2, -0.15) is 5.26 Å². The molecule has 0 bridgehead atoms. The summed E-state index contributed by atoms with van der Waals surface area (Å²) < 4.78 is 0. The molecular formula is C16H10N2O2. The minimum absolute atomic E-state index is 0.227. The van der Waals surface area contributed by atoms with Crippen molar-refractivity contribution >= 4 is 17.4 Å². The summed E-state index contributed by atoms with van der Waals surface area (Å²) in [7, 11) is 0. The molecule has 0 aliphatic carbocycles. The molecule has 4 nitrogen and oxygen atoms in total. The van der Waals surface area contributed by atoms with Gasteiger partial charge in [-0.1, -0.05) is 30.3 Å². The molecular weight excluding hydrogens is 252 g/mol. The number of carbonyl (C=O) groups is 2. The number of nitriles is 1. The monoisotopic (exact) mass is 262 g/mol. The zero-order valence-corrected chi connectivity index (χ0v) is 10.5. The molecule has 1 amide bonds. The maximum absolute atomic E-state index is 12.1. The van der Waals surface area contributed by atoms with E-state index in [0.717, 1.165) is 5.56 Å². The zero-order chi connectivity index (χ0) is 14.1. The number of hydrogen-bond acceptors (Lipinski definition) is 3. The number of ketones is 1. The van der Waals surface area contributed by atoms with E-state index in [2.05, 4.69) is 6.07 Å². The van der Waals surface area contributed by atoms with Crippen molar-refractivity contribution in [2.75, 3.05) is 4.90 Å². The van der Waals surface area contributed by atoms with Crippen LogP contribution in [0.5, 0.6) is 0 Å². The third-order valence-corrected chi connectivity index (χ3v) is 3.35. The summed E-state index contributed by atoms with van der Waals surface area (Å²) in [6, 6.07) is 16.1. The van der Waals surface area contributed by atoms with Crippen molar-refractivity contribution in [1.29, 1.82) is 5.26 Å². The predicted octanol–water partition coefficient (Wildman–Crippen LogP) is 2.29. The van der Waals surface area contributed by atoms with Crippen molar-refractivity contribution < 1.29 is 9.59 Å². The molecule has 2 aromatic rings. The van der Waals surface area contributed by atoms with E-state index in [0.29, 0.717) is 16.8 Å². The minimum Gasteiger partial charge on any atom is -0.300 e. The Kier molecular flexibility index (Phi) is 2.81. The van der Waals surface area contributed by atoms with Gasteiger partial charge in [0.1, 0.15) is 0 Å². The molecule has 0 fully saturated rings. The minimum atomic E-state index is -0.543. The lowest BCUT2D eigenvalue weighted by molar-refractivity contribution is -0.114. The SMILES string of the molecule is N#Cc1ccccc1CN1C(=O)C(=O)c2ccccc21. The van der Waals surface area contributed by atoms with Crippen LogP contribution in [-0.2, 0) is 11.3 Å². The number of para-hydroxylation sites is 1. The van der Waals surface area contributed by atoms with Crippen molar-refractivity contribution in [3.8, 4) is 6.07 Å². The van der Waals surface area contributed by atoms with Crippen LogP contribution in [0.1, 0.15) is 21.5 Å². The molecule has 1 aliphatic heterocycles. The van der Waals surface area contributed by atoms with Crippen LogP contribution in [0.15, 0.2) is 48.5 Å². The molecule has 2 aromatic carbocycles. The van der Waals surface area contributed by atoms with Crippen LogP contribution >= 0.6 is 0 Å². The summed E-state index contributed by atoms with van der Waals surface area (Å²) in [4.78, 5) is 25.4. The number of fused-ring (bicyclic) bond motifs is 1. The van der Waals surface area contributed by atoms with Gasteiger partial charge < -0.3 is 4.90 Å². The molecule has 1 heterocycles. The fraction of sp³-hybridized carbons (Fsp3) is 0.0625. The van der Waals surface area contributed by atoms with Gasteiger partial charge in [-0.15, -0.1) is 0 Å². The normalized spacial score (nSPS) is 13.2. The fourth-order valence-corrected chi connectivity index (χ4v) is 2.34. The van der Waals surface area contributed by atoms with E-state index in [-0.39, 0.29) is 6.54 Å². The number of nitrogens with zero attached hydrogens (tertiary/aromatic N) is 2. The third-order valence-electron chi connectivity index (χ3n) is 3.35. The van der Waals surface area contributed by atoms with E-state index in [1.54, 1.807) is 42.5 Å². The van der Waals surface area contributed by atoms with Crippen molar-refractivity contribution in [2.45, 2.75) is 6.54 Å². The Morgan fingerprint density at radius 3 is 2.50 bits per heavy atom. The average molecular weight is 262 g/mol. The number of carbonyl (C=O) groups excluding carboxylic acids is 2. The second-order valence-electron chi connectivity index (χ2n) is 4.51. The van der Waals surface area contributed by atoms with Gasteiger partial charge in [-0.25, -0.2) is 0 Å². The predicted molar refractivity (Wildman–Crippen MR) is 73.1 cm³/mol. The van der Waals surface area contributed by atoms with E-state index in [1.165, 1.54) is 4.90 Å². The maximum atomic E-state index is 12.1. The molecule has 0 spiro atoms. The number of hydrogen-bond donors (Lipinski definition) is 0. The first-order valence-corrected chi connectivity index (χ1v) is 6.15. The van der Waals surface area contributed by atoms with Gasteiger partial charge in [-0.05, 0) is 23.8 Å². The van der Waals surface area contributed by atoms with Crippen LogP contribution in [0, 0.1) is 11.3 Å². The lowest BCUT2D eigenvalue weighted by atomic mass is 10.1. The number of rotatable bonds is 2. The van der Waals surface area contributed by atoms with Gasteiger partial charge in [0.15, 0.2) is 0 Å². The summed E-state index contributed by atoms with van der Waals surface area (Å²) in [6.07, 6.45) is 0. The molecule has 3 rings (SSSR count). The molecule has 20 heavy (non-hydrogen) atoms. The highest BCUT2D eigenvalue weighted by Crippen LogP contribution is 2.30. The van der Waals surface area contributed by atoms with Crippen LogP contribution in [0.4, 0.5) is 5.69 Å². The largest absolute Gasteiger partial charge is 0.300 e. The first-order chi connectivity index (χ1) is 9.72. The highest BCUT2D eigenvalue weighted by atomic mass is 16.2. The molecule has 0 saturated carbocycles. The lowest BCUT2D eigenvalue weighted by Crippen LogP contribution is -2.29. The van der Waals surface area contributed by atoms with Gasteiger partial charge in [0.25, 0.3) is 11.7 Å². The van der Waals surface area contributed by atoms with Crippen molar-refractivity contribution in [1.82, 2.24) is 0 Å². The van der Waals surface area contributed by atoms with E-state index in [1.807, 2.05) is 6.07 Å². The van der Waals surface area contributed by atoms with Gasteiger partial charge in [-0.3, -0.25) is 9.59 Å². The third kappa shape index (κ3) is 1.77. The van der Waals surface area contributed by atoms with Crippen LogP contribution in [0.3, 0.4) is 0 Å². The second kappa shape index (κ2) is 4.63. The van der Waals surface area contributed by atoms with Gasteiger partial charge >= 0.3 is 0 Å². The van der Waals surface area contributed by atoms with Crippen molar-refractivity contribution in [3.63, 3.8) is 0 Å². The Morgan fingerprint density at radius 2 is 1.70 bits per heavy atom. The lowest BCUT2D eigenvalue weighted by Gasteiger charge is -2.17. The smallest absolute Gasteiger partial charge is 0.299 e. The topological polar surface area (TPSA) is 61.2 Å². The van der Waals surface area contributed by atoms with Gasteiger partial charge in [0, 0.05) is 0 Å². The Morgan fingerprint density at radius 1 is 1.00 bits per heavy atom. The van der Waals surface area contributed by atoms with E-state index in [9.17, 15) is 9.59 Å².